The highest BCUT2D eigenvalue weighted by Gasteiger charge is 2.25. The van der Waals surface area contributed by atoms with Crippen LogP contribution in [-0.2, 0) is 0 Å². The number of aromatic amines is 1. The molecule has 0 amide bonds. The number of benzene rings is 2. The molecule has 29 heavy (non-hydrogen) atoms. The lowest BCUT2D eigenvalue weighted by Gasteiger charge is -2.09. The van der Waals surface area contributed by atoms with E-state index in [0.717, 1.165) is 27.8 Å². The highest BCUT2D eigenvalue weighted by Crippen LogP contribution is 2.39. The van der Waals surface area contributed by atoms with E-state index in [9.17, 15) is 0 Å². The Labute approximate surface area is 174 Å². The molecule has 5 nitrogen and oxygen atoms in total. The maximum atomic E-state index is 4.80. The zero-order valence-corrected chi connectivity index (χ0v) is 16.9. The number of aryl methyl sites for hydroxylation is 1. The summed E-state index contributed by atoms with van der Waals surface area (Å²) in [6.45, 7) is 2.09. The minimum atomic E-state index is 0.635. The lowest BCUT2D eigenvalue weighted by atomic mass is 10.1. The minimum absolute atomic E-state index is 0.635. The second-order valence-electron chi connectivity index (χ2n) is 7.31. The van der Waals surface area contributed by atoms with Crippen LogP contribution in [0.2, 0.25) is 0 Å². The number of aromatic nitrogens is 4. The Kier molecular flexibility index (Phi) is 4.77. The van der Waals surface area contributed by atoms with Gasteiger partial charge in [0.25, 0.3) is 0 Å². The van der Waals surface area contributed by atoms with Gasteiger partial charge in [-0.1, -0.05) is 48.0 Å². The van der Waals surface area contributed by atoms with E-state index in [4.69, 9.17) is 9.97 Å². The second kappa shape index (κ2) is 7.72. The Morgan fingerprint density at radius 1 is 0.931 bits per heavy atom. The van der Waals surface area contributed by atoms with E-state index in [1.807, 2.05) is 24.3 Å². The highest BCUT2D eigenvalue weighted by molar-refractivity contribution is 7.99. The summed E-state index contributed by atoms with van der Waals surface area (Å²) in [7, 11) is 0. The van der Waals surface area contributed by atoms with E-state index in [1.165, 1.54) is 24.1 Å². The fourth-order valence-corrected chi connectivity index (χ4v) is 4.10. The summed E-state index contributed by atoms with van der Waals surface area (Å²) >= 11 is 1.56. The Bertz CT molecular complexity index is 1130. The Morgan fingerprint density at radius 3 is 2.59 bits per heavy atom. The molecule has 4 aromatic rings. The van der Waals surface area contributed by atoms with Gasteiger partial charge in [-0.3, -0.25) is 5.10 Å². The fourth-order valence-electron chi connectivity index (χ4n) is 3.21. The predicted octanol–water partition coefficient (Wildman–Crippen LogP) is 5.95. The van der Waals surface area contributed by atoms with Crippen LogP contribution in [-0.4, -0.2) is 20.2 Å². The minimum Gasteiger partial charge on any atom is -0.323 e. The van der Waals surface area contributed by atoms with Crippen molar-refractivity contribution in [3.05, 3.63) is 78.0 Å². The molecule has 2 heterocycles. The molecule has 2 aromatic carbocycles. The van der Waals surface area contributed by atoms with Crippen molar-refractivity contribution in [1.82, 2.24) is 20.2 Å². The predicted molar refractivity (Wildman–Crippen MR) is 117 cm³/mol. The summed E-state index contributed by atoms with van der Waals surface area (Å²) in [5.41, 5.74) is 4.36. The average Bonchev–Trinajstić information content (AvgIpc) is 3.48. The Balaban J connectivity index is 1.48. The third kappa shape index (κ3) is 4.32. The van der Waals surface area contributed by atoms with Crippen molar-refractivity contribution in [2.45, 2.75) is 35.7 Å². The molecule has 0 aliphatic heterocycles. The van der Waals surface area contributed by atoms with Gasteiger partial charge in [0, 0.05) is 34.2 Å². The summed E-state index contributed by atoms with van der Waals surface area (Å²) in [6.07, 6.45) is 2.48. The van der Waals surface area contributed by atoms with Gasteiger partial charge in [0.1, 0.15) is 5.82 Å². The normalized spacial score (nSPS) is 13.4. The van der Waals surface area contributed by atoms with Crippen molar-refractivity contribution in [2.24, 2.45) is 0 Å². The second-order valence-corrected chi connectivity index (χ2v) is 8.35. The highest BCUT2D eigenvalue weighted by atomic mass is 32.2. The van der Waals surface area contributed by atoms with Crippen LogP contribution < -0.4 is 5.32 Å². The van der Waals surface area contributed by atoms with Crippen molar-refractivity contribution in [3.63, 3.8) is 0 Å². The van der Waals surface area contributed by atoms with Crippen molar-refractivity contribution in [3.8, 4) is 11.3 Å². The first-order valence-electron chi connectivity index (χ1n) is 9.74. The van der Waals surface area contributed by atoms with Gasteiger partial charge in [0.05, 0.1) is 5.69 Å². The summed E-state index contributed by atoms with van der Waals surface area (Å²) in [5.74, 6) is 2.16. The Morgan fingerprint density at radius 2 is 1.79 bits per heavy atom. The summed E-state index contributed by atoms with van der Waals surface area (Å²) in [4.78, 5) is 10.7. The van der Waals surface area contributed by atoms with E-state index < -0.39 is 0 Å². The third-order valence-corrected chi connectivity index (χ3v) is 5.70. The maximum Gasteiger partial charge on any atom is 0.194 e. The fraction of sp³-hybridized carbons (Fsp3) is 0.174. The number of nitrogens with one attached hydrogen (secondary N) is 2. The van der Waals surface area contributed by atoms with Crippen LogP contribution in [0.25, 0.3) is 11.3 Å². The summed E-state index contributed by atoms with van der Waals surface area (Å²) in [5, 5.41) is 11.6. The lowest BCUT2D eigenvalue weighted by Crippen LogP contribution is -1.99. The molecule has 0 unspecified atom stereocenters. The number of rotatable bonds is 6. The first-order valence-corrected chi connectivity index (χ1v) is 10.6. The molecule has 2 aromatic heterocycles. The van der Waals surface area contributed by atoms with Gasteiger partial charge in [-0.2, -0.15) is 5.10 Å². The number of H-pyrrole nitrogens is 1. The van der Waals surface area contributed by atoms with Crippen molar-refractivity contribution in [2.75, 3.05) is 5.32 Å². The lowest BCUT2D eigenvalue weighted by molar-refractivity contribution is 0.959. The van der Waals surface area contributed by atoms with Crippen LogP contribution in [0.1, 0.15) is 30.0 Å². The molecule has 0 saturated heterocycles. The molecular weight excluding hydrogens is 378 g/mol. The SMILES string of the molecule is Cc1cccc(Sc2nc(Nc3cc(C4CC4)[nH]n3)cc(-c3ccccc3)n2)c1. The van der Waals surface area contributed by atoms with Crippen LogP contribution >= 0.6 is 11.8 Å². The molecule has 0 atom stereocenters. The van der Waals surface area contributed by atoms with E-state index in [0.29, 0.717) is 11.1 Å². The molecule has 0 spiro atoms. The summed E-state index contributed by atoms with van der Waals surface area (Å²) < 4.78 is 0. The van der Waals surface area contributed by atoms with Gasteiger partial charge < -0.3 is 5.32 Å². The molecule has 1 saturated carbocycles. The van der Waals surface area contributed by atoms with E-state index in [1.54, 1.807) is 11.8 Å². The monoisotopic (exact) mass is 399 g/mol. The van der Waals surface area contributed by atoms with E-state index in [2.05, 4.69) is 64.9 Å². The van der Waals surface area contributed by atoms with Gasteiger partial charge in [-0.25, -0.2) is 9.97 Å². The summed E-state index contributed by atoms with van der Waals surface area (Å²) in [6, 6.07) is 22.6. The van der Waals surface area contributed by atoms with Crippen LogP contribution in [0.3, 0.4) is 0 Å². The smallest absolute Gasteiger partial charge is 0.194 e. The zero-order chi connectivity index (χ0) is 19.6. The maximum absolute atomic E-state index is 4.80. The molecule has 0 radical (unpaired) electrons. The van der Waals surface area contributed by atoms with Gasteiger partial charge in [0.15, 0.2) is 11.0 Å². The standard InChI is InChI=1S/C23H21N5S/c1-15-6-5-9-18(12-15)29-23-24-19(16-7-3-2-4-8-16)13-21(26-23)25-22-14-20(27-28-22)17-10-11-17/h2-9,12-14,17H,10-11H2,1H3,(H2,24,25,26,27,28). The molecule has 144 valence electrons. The molecular formula is C23H21N5S. The average molecular weight is 400 g/mol. The molecule has 5 rings (SSSR count). The molecule has 0 bridgehead atoms. The topological polar surface area (TPSA) is 66.5 Å². The first-order chi connectivity index (χ1) is 14.2. The largest absolute Gasteiger partial charge is 0.323 e. The van der Waals surface area contributed by atoms with Gasteiger partial charge in [-0.15, -0.1) is 0 Å². The van der Waals surface area contributed by atoms with Crippen LogP contribution in [0.5, 0.6) is 0 Å². The number of hydrogen-bond donors (Lipinski definition) is 2. The van der Waals surface area contributed by atoms with Gasteiger partial charge in [-0.05, 0) is 43.7 Å². The molecule has 1 fully saturated rings. The first kappa shape index (κ1) is 17.9. The van der Waals surface area contributed by atoms with Crippen LogP contribution in [0, 0.1) is 6.92 Å². The molecule has 1 aliphatic rings. The molecule has 2 N–H and O–H groups in total. The van der Waals surface area contributed by atoms with Gasteiger partial charge >= 0.3 is 0 Å². The Hall–Kier alpha value is -3.12. The van der Waals surface area contributed by atoms with E-state index >= 15 is 0 Å². The van der Waals surface area contributed by atoms with Crippen molar-refractivity contribution >= 4 is 23.4 Å². The van der Waals surface area contributed by atoms with Gasteiger partial charge in [0.2, 0.25) is 0 Å². The van der Waals surface area contributed by atoms with Crippen molar-refractivity contribution in [1.29, 1.82) is 0 Å². The van der Waals surface area contributed by atoms with E-state index in [-0.39, 0.29) is 0 Å². The number of hydrogen-bond acceptors (Lipinski definition) is 5. The van der Waals surface area contributed by atoms with Crippen molar-refractivity contribution < 1.29 is 0 Å². The number of nitrogens with zero attached hydrogens (tertiary/aromatic N) is 3. The molecule has 6 heteroatoms. The van der Waals surface area contributed by atoms with Crippen LogP contribution in [0.15, 0.2) is 76.8 Å². The third-order valence-electron chi connectivity index (χ3n) is 4.84. The molecule has 1 aliphatic carbocycles. The quantitative estimate of drug-likeness (QED) is 0.392. The van der Waals surface area contributed by atoms with Crippen LogP contribution in [0.4, 0.5) is 11.6 Å². The zero-order valence-electron chi connectivity index (χ0n) is 16.1. The number of anilines is 2.